The molecule has 0 saturated heterocycles. The Hall–Kier alpha value is -5.08. The lowest BCUT2D eigenvalue weighted by Gasteiger charge is -2.05. The van der Waals surface area contributed by atoms with Crippen LogP contribution in [0.4, 0.5) is 10.3 Å². The summed E-state index contributed by atoms with van der Waals surface area (Å²) in [7, 11) is 0. The maximum absolute atomic E-state index is 12.6. The van der Waals surface area contributed by atoms with Gasteiger partial charge in [-0.05, 0) is 60.4 Å². The Morgan fingerprint density at radius 3 is 1.55 bits per heavy atom. The average Bonchev–Trinajstić information content (AvgIpc) is 3.84. The zero-order valence-electron chi connectivity index (χ0n) is 23.5. The monoisotopic (exact) mass is 624 g/mol. The molecule has 44 heavy (non-hydrogen) atoms. The molecule has 4 heterocycles. The zero-order chi connectivity index (χ0) is 30.1. The van der Waals surface area contributed by atoms with Gasteiger partial charge in [0.1, 0.15) is 10.0 Å². The van der Waals surface area contributed by atoms with E-state index in [1.165, 1.54) is 22.7 Å². The van der Waals surface area contributed by atoms with Crippen molar-refractivity contribution in [2.75, 3.05) is 10.6 Å². The second kappa shape index (κ2) is 13.9. The van der Waals surface area contributed by atoms with Crippen molar-refractivity contribution in [2.45, 2.75) is 38.5 Å². The number of unbranched alkanes of at least 4 members (excludes halogenated alkanes) is 1. The summed E-state index contributed by atoms with van der Waals surface area (Å²) in [5, 5.41) is 33.6. The van der Waals surface area contributed by atoms with Gasteiger partial charge in [-0.15, -0.1) is 20.4 Å². The minimum Gasteiger partial charge on any atom is -0.300 e. The predicted octanol–water partition coefficient (Wildman–Crippen LogP) is 4.69. The van der Waals surface area contributed by atoms with E-state index in [0.29, 0.717) is 10.3 Å². The highest BCUT2D eigenvalue weighted by atomic mass is 32.1. The summed E-state index contributed by atoms with van der Waals surface area (Å²) in [5.74, 6) is -0.292. The minimum absolute atomic E-state index is 0.146. The van der Waals surface area contributed by atoms with Crippen LogP contribution in [0.1, 0.15) is 34.0 Å². The van der Waals surface area contributed by atoms with E-state index < -0.39 is 0 Å². The molecule has 0 aliphatic rings. The van der Waals surface area contributed by atoms with Crippen LogP contribution in [0, 0.1) is 0 Å². The van der Waals surface area contributed by atoms with Gasteiger partial charge < -0.3 is 10.6 Å². The summed E-state index contributed by atoms with van der Waals surface area (Å²) in [6.45, 7) is 0. The third kappa shape index (κ3) is 7.85. The summed E-state index contributed by atoms with van der Waals surface area (Å²) in [5.41, 5.74) is 3.57. The lowest BCUT2D eigenvalue weighted by atomic mass is 10.1. The van der Waals surface area contributed by atoms with Crippen molar-refractivity contribution in [3.05, 3.63) is 107 Å². The molecule has 0 spiro atoms. The van der Waals surface area contributed by atoms with E-state index in [-0.39, 0.29) is 24.7 Å². The molecule has 222 valence electrons. The number of nitrogens with zero attached hydrogens (tertiary/aromatic N) is 8. The Morgan fingerprint density at radius 1 is 0.636 bits per heavy atom. The largest absolute Gasteiger partial charge is 0.300 e. The third-order valence-electron chi connectivity index (χ3n) is 6.55. The summed E-state index contributed by atoms with van der Waals surface area (Å²) >= 11 is 2.77. The van der Waals surface area contributed by atoms with Crippen molar-refractivity contribution in [3.63, 3.8) is 0 Å². The second-order valence-electron chi connectivity index (χ2n) is 9.90. The molecular weight excluding hydrogens is 597 g/mol. The number of carbonyl (C=O) groups is 2. The highest BCUT2D eigenvalue weighted by Crippen LogP contribution is 2.21. The maximum Gasteiger partial charge on any atom is 0.230 e. The molecule has 6 aromatic rings. The van der Waals surface area contributed by atoms with Crippen molar-refractivity contribution < 1.29 is 9.59 Å². The Kier molecular flexibility index (Phi) is 9.18. The number of benzene rings is 2. The van der Waals surface area contributed by atoms with Gasteiger partial charge >= 0.3 is 0 Å². The first-order valence-corrected chi connectivity index (χ1v) is 15.6. The molecule has 0 saturated carbocycles. The number of anilines is 2. The van der Waals surface area contributed by atoms with Crippen molar-refractivity contribution in [3.8, 4) is 11.4 Å². The van der Waals surface area contributed by atoms with Gasteiger partial charge in [0.25, 0.3) is 0 Å². The quantitative estimate of drug-likeness (QED) is 0.176. The van der Waals surface area contributed by atoms with E-state index in [4.69, 9.17) is 0 Å². The fourth-order valence-electron chi connectivity index (χ4n) is 4.52. The SMILES string of the molecule is O=C(Cc1cccc(-n2cccn2)c1)Nc1nnc(CCCCc2nnc(NC(=O)Cc3cccc(-n4cccn4)c3)s2)s1. The van der Waals surface area contributed by atoms with Crippen LogP contribution in [0.5, 0.6) is 0 Å². The molecule has 2 aromatic carbocycles. The number of aromatic nitrogens is 8. The zero-order valence-corrected chi connectivity index (χ0v) is 25.2. The number of amides is 2. The summed E-state index contributed by atoms with van der Waals surface area (Å²) in [4.78, 5) is 25.2. The van der Waals surface area contributed by atoms with E-state index >= 15 is 0 Å². The average molecular weight is 625 g/mol. The third-order valence-corrected chi connectivity index (χ3v) is 8.34. The molecule has 0 aliphatic heterocycles. The molecular formula is C30H28N10O2S2. The number of carbonyl (C=O) groups excluding carboxylic acids is 2. The van der Waals surface area contributed by atoms with Crippen LogP contribution in [-0.2, 0) is 35.3 Å². The highest BCUT2D eigenvalue weighted by molar-refractivity contribution is 7.15. The predicted molar refractivity (Wildman–Crippen MR) is 168 cm³/mol. The van der Waals surface area contributed by atoms with Crippen LogP contribution in [0.25, 0.3) is 11.4 Å². The molecule has 12 nitrogen and oxygen atoms in total. The first-order chi connectivity index (χ1) is 21.6. The van der Waals surface area contributed by atoms with Crippen LogP contribution >= 0.6 is 22.7 Å². The fraction of sp³-hybridized carbons (Fsp3) is 0.200. The first-order valence-electron chi connectivity index (χ1n) is 14.0. The Labute approximate surface area is 260 Å². The van der Waals surface area contributed by atoms with Gasteiger partial charge in [0.05, 0.1) is 24.2 Å². The Balaban J connectivity index is 0.909. The second-order valence-corrected chi connectivity index (χ2v) is 12.0. The lowest BCUT2D eigenvalue weighted by Crippen LogP contribution is -2.14. The molecule has 0 atom stereocenters. The molecule has 2 amide bonds. The van der Waals surface area contributed by atoms with E-state index in [2.05, 4.69) is 41.2 Å². The normalized spacial score (nSPS) is 11.0. The Morgan fingerprint density at radius 2 is 1.11 bits per heavy atom. The molecule has 14 heteroatoms. The molecule has 0 bridgehead atoms. The van der Waals surface area contributed by atoms with Crippen LogP contribution in [-0.4, -0.2) is 51.8 Å². The van der Waals surface area contributed by atoms with Crippen molar-refractivity contribution >= 4 is 44.8 Å². The summed E-state index contributed by atoms with van der Waals surface area (Å²) in [6, 6.07) is 19.1. The number of aryl methyl sites for hydroxylation is 2. The van der Waals surface area contributed by atoms with Crippen LogP contribution in [0.15, 0.2) is 85.5 Å². The van der Waals surface area contributed by atoms with Gasteiger partial charge in [0.15, 0.2) is 0 Å². The van der Waals surface area contributed by atoms with Crippen LogP contribution < -0.4 is 10.6 Å². The minimum atomic E-state index is -0.146. The molecule has 0 radical (unpaired) electrons. The van der Waals surface area contributed by atoms with Gasteiger partial charge in [0, 0.05) is 37.6 Å². The number of nitrogens with one attached hydrogen (secondary N) is 2. The molecule has 0 unspecified atom stereocenters. The van der Waals surface area contributed by atoms with Gasteiger partial charge in [-0.3, -0.25) is 9.59 Å². The van der Waals surface area contributed by atoms with Crippen molar-refractivity contribution in [1.29, 1.82) is 0 Å². The van der Waals surface area contributed by atoms with Gasteiger partial charge in [-0.25, -0.2) is 9.36 Å². The number of rotatable bonds is 13. The van der Waals surface area contributed by atoms with Crippen molar-refractivity contribution in [2.24, 2.45) is 0 Å². The molecule has 2 N–H and O–H groups in total. The van der Waals surface area contributed by atoms with Gasteiger partial charge in [0.2, 0.25) is 22.1 Å². The topological polar surface area (TPSA) is 145 Å². The maximum atomic E-state index is 12.6. The van der Waals surface area contributed by atoms with Crippen molar-refractivity contribution in [1.82, 2.24) is 40.0 Å². The van der Waals surface area contributed by atoms with E-state index in [1.54, 1.807) is 21.8 Å². The fourth-order valence-corrected chi connectivity index (χ4v) is 6.12. The molecule has 0 aliphatic carbocycles. The van der Waals surface area contributed by atoms with E-state index in [1.807, 2.05) is 73.1 Å². The van der Waals surface area contributed by atoms with Gasteiger partial charge in [-0.1, -0.05) is 46.9 Å². The molecule has 0 fully saturated rings. The number of hydrogen-bond donors (Lipinski definition) is 2. The first kappa shape index (κ1) is 29.0. The molecule has 4 aromatic heterocycles. The standard InChI is InChI=1S/C30H28N10O2S2/c41-25(19-21-7-3-9-23(17-21)39-15-5-13-31-39)33-29-37-35-27(43-29)11-1-2-12-28-36-38-30(44-28)34-26(42)20-22-8-4-10-24(18-22)40-16-6-14-32-40/h3-10,13-18H,1-2,11-12,19-20H2,(H,33,37,41)(H,34,38,42). The summed E-state index contributed by atoms with van der Waals surface area (Å²) in [6.07, 6.45) is 10.9. The lowest BCUT2D eigenvalue weighted by molar-refractivity contribution is -0.116. The summed E-state index contributed by atoms with van der Waals surface area (Å²) < 4.78 is 3.51. The highest BCUT2D eigenvalue weighted by Gasteiger charge is 2.12. The number of hydrogen-bond acceptors (Lipinski definition) is 10. The smallest absolute Gasteiger partial charge is 0.230 e. The van der Waals surface area contributed by atoms with E-state index in [9.17, 15) is 9.59 Å². The van der Waals surface area contributed by atoms with Gasteiger partial charge in [-0.2, -0.15) is 10.2 Å². The van der Waals surface area contributed by atoms with Crippen LogP contribution in [0.2, 0.25) is 0 Å². The van der Waals surface area contributed by atoms with E-state index in [0.717, 1.165) is 58.2 Å². The molecule has 6 rings (SSSR count). The van der Waals surface area contributed by atoms with Crippen LogP contribution in [0.3, 0.4) is 0 Å². The Bertz CT molecular complexity index is 1700.